The fourth-order valence-electron chi connectivity index (χ4n) is 2.45. The van der Waals surface area contributed by atoms with E-state index in [0.717, 1.165) is 23.4 Å². The van der Waals surface area contributed by atoms with E-state index in [-0.39, 0.29) is 10.9 Å². The molecule has 0 bridgehead atoms. The lowest BCUT2D eigenvalue weighted by atomic mass is 10.1. The van der Waals surface area contributed by atoms with Gasteiger partial charge in [-0.2, -0.15) is 13.5 Å². The summed E-state index contributed by atoms with van der Waals surface area (Å²) in [5, 5.41) is 9.32. The van der Waals surface area contributed by atoms with Gasteiger partial charge in [0.05, 0.1) is 17.2 Å². The van der Waals surface area contributed by atoms with Crippen molar-refractivity contribution in [2.24, 2.45) is 9.50 Å². The molecule has 1 aliphatic rings. The summed E-state index contributed by atoms with van der Waals surface area (Å²) < 4.78 is 41.6. The van der Waals surface area contributed by atoms with Crippen LogP contribution in [0, 0.1) is 5.82 Å². The largest absolute Gasteiger partial charge is 0.357 e. The second-order valence-electron chi connectivity index (χ2n) is 5.52. The van der Waals surface area contributed by atoms with Crippen LogP contribution in [0.4, 0.5) is 4.39 Å². The normalized spacial score (nSPS) is 15.1. The topological polar surface area (TPSA) is 74.1 Å². The zero-order valence-corrected chi connectivity index (χ0v) is 15.4. The van der Waals surface area contributed by atoms with E-state index in [2.05, 4.69) is 14.8 Å². The molecule has 1 heterocycles. The van der Waals surface area contributed by atoms with Gasteiger partial charge in [0.15, 0.2) is 0 Å². The number of halogens is 2. The lowest BCUT2D eigenvalue weighted by molar-refractivity contribution is 0.475. The highest BCUT2D eigenvalue weighted by atomic mass is 35.5. The van der Waals surface area contributed by atoms with Crippen molar-refractivity contribution in [1.29, 1.82) is 0 Å². The van der Waals surface area contributed by atoms with Crippen LogP contribution in [0.3, 0.4) is 0 Å². The van der Waals surface area contributed by atoms with Gasteiger partial charge in [-0.15, -0.1) is 4.40 Å². The van der Waals surface area contributed by atoms with Crippen molar-refractivity contribution < 1.29 is 12.8 Å². The van der Waals surface area contributed by atoms with E-state index in [0.29, 0.717) is 18.0 Å². The lowest BCUT2D eigenvalue weighted by Gasteiger charge is -2.15. The van der Waals surface area contributed by atoms with Crippen LogP contribution in [-0.4, -0.2) is 38.7 Å². The standard InChI is InChI=1S/C17H16ClFN4O2S/c1-20-17(22-26(24,25)15-8-6-14(19)7-9-15)23-11-10-16(21-23)12-2-4-13(18)5-3-12/h2-9H,10-11H2,1H3,(H,20,22). The van der Waals surface area contributed by atoms with E-state index >= 15 is 0 Å². The fraction of sp³-hybridized carbons (Fsp3) is 0.176. The Labute approximate surface area is 156 Å². The molecule has 0 aromatic heterocycles. The molecule has 0 aliphatic carbocycles. The molecule has 0 atom stereocenters. The maximum Gasteiger partial charge on any atom is 0.285 e. The van der Waals surface area contributed by atoms with Gasteiger partial charge >= 0.3 is 0 Å². The molecule has 0 fully saturated rings. The first-order valence-electron chi connectivity index (χ1n) is 7.78. The van der Waals surface area contributed by atoms with Gasteiger partial charge in [0.25, 0.3) is 10.0 Å². The van der Waals surface area contributed by atoms with Gasteiger partial charge in [-0.05, 0) is 42.0 Å². The van der Waals surface area contributed by atoms with Crippen molar-refractivity contribution in [2.75, 3.05) is 13.6 Å². The van der Waals surface area contributed by atoms with Gasteiger partial charge in [-0.25, -0.2) is 9.40 Å². The highest BCUT2D eigenvalue weighted by Crippen LogP contribution is 2.18. The third-order valence-corrected chi connectivity index (χ3v) is 5.30. The number of hydrogen-bond acceptors (Lipinski definition) is 3. The quantitative estimate of drug-likeness (QED) is 0.641. The number of hydrogen-bond donors (Lipinski definition) is 1. The van der Waals surface area contributed by atoms with Crippen molar-refractivity contribution >= 4 is 33.3 Å². The zero-order chi connectivity index (χ0) is 18.7. The van der Waals surface area contributed by atoms with Gasteiger partial charge in [0.2, 0.25) is 5.96 Å². The maximum atomic E-state index is 13.0. The van der Waals surface area contributed by atoms with Crippen LogP contribution < -0.4 is 5.32 Å². The van der Waals surface area contributed by atoms with Crippen molar-refractivity contribution in [3.63, 3.8) is 0 Å². The molecule has 6 nitrogen and oxygen atoms in total. The van der Waals surface area contributed by atoms with Gasteiger partial charge in [-0.1, -0.05) is 23.7 Å². The summed E-state index contributed by atoms with van der Waals surface area (Å²) in [4.78, 5) is -0.0900. The number of rotatable bonds is 3. The Kier molecular flexibility index (Phi) is 5.24. The summed E-state index contributed by atoms with van der Waals surface area (Å²) in [5.41, 5.74) is 1.72. The van der Waals surface area contributed by atoms with E-state index in [4.69, 9.17) is 11.6 Å². The van der Waals surface area contributed by atoms with Gasteiger partial charge in [0.1, 0.15) is 5.82 Å². The Morgan fingerprint density at radius 2 is 1.85 bits per heavy atom. The SMILES string of the molecule is CN/C(=N\S(=O)(=O)c1ccc(F)cc1)N1CCC(c2ccc(Cl)cc2)=N1. The number of benzene rings is 2. The summed E-state index contributed by atoms with van der Waals surface area (Å²) in [5.74, 6) is -0.420. The van der Waals surface area contributed by atoms with E-state index in [1.807, 2.05) is 12.1 Å². The molecule has 9 heteroatoms. The molecule has 3 rings (SSSR count). The molecule has 1 N–H and O–H groups in total. The van der Waals surface area contributed by atoms with Crippen molar-refractivity contribution in [2.45, 2.75) is 11.3 Å². The van der Waals surface area contributed by atoms with Crippen LogP contribution in [0.15, 0.2) is 62.9 Å². The van der Waals surface area contributed by atoms with E-state index in [1.54, 1.807) is 19.2 Å². The molecule has 0 amide bonds. The van der Waals surface area contributed by atoms with Gasteiger partial charge < -0.3 is 5.32 Å². The highest BCUT2D eigenvalue weighted by Gasteiger charge is 2.22. The molecule has 2 aromatic carbocycles. The van der Waals surface area contributed by atoms with E-state index in [1.165, 1.54) is 17.1 Å². The lowest BCUT2D eigenvalue weighted by Crippen LogP contribution is -2.35. The first-order valence-corrected chi connectivity index (χ1v) is 9.60. The minimum Gasteiger partial charge on any atom is -0.357 e. The minimum absolute atomic E-state index is 0.0900. The Balaban J connectivity index is 1.87. The summed E-state index contributed by atoms with van der Waals surface area (Å²) >= 11 is 5.89. The average Bonchev–Trinajstić information content (AvgIpc) is 3.10. The number of guanidine groups is 1. The zero-order valence-electron chi connectivity index (χ0n) is 13.9. The number of hydrazone groups is 1. The maximum absolute atomic E-state index is 13.0. The first-order chi connectivity index (χ1) is 12.4. The molecular formula is C17H16ClFN4O2S. The Morgan fingerprint density at radius 3 is 2.46 bits per heavy atom. The van der Waals surface area contributed by atoms with Crippen LogP contribution in [0.1, 0.15) is 12.0 Å². The van der Waals surface area contributed by atoms with Crippen LogP contribution >= 0.6 is 11.6 Å². The van der Waals surface area contributed by atoms with Gasteiger partial charge in [0, 0.05) is 18.5 Å². The van der Waals surface area contributed by atoms with Crippen molar-refractivity contribution in [3.05, 3.63) is 64.9 Å². The molecule has 26 heavy (non-hydrogen) atoms. The molecule has 0 spiro atoms. The molecule has 136 valence electrons. The monoisotopic (exact) mass is 394 g/mol. The van der Waals surface area contributed by atoms with E-state index < -0.39 is 15.8 Å². The summed E-state index contributed by atoms with van der Waals surface area (Å²) in [7, 11) is -2.42. The fourth-order valence-corrected chi connectivity index (χ4v) is 3.57. The third kappa shape index (κ3) is 4.03. The molecule has 0 saturated heterocycles. The molecule has 0 unspecified atom stereocenters. The van der Waals surface area contributed by atoms with Crippen molar-refractivity contribution in [1.82, 2.24) is 10.3 Å². The Bertz CT molecular complexity index is 957. The van der Waals surface area contributed by atoms with Crippen LogP contribution in [-0.2, 0) is 10.0 Å². The van der Waals surface area contributed by atoms with Crippen molar-refractivity contribution in [3.8, 4) is 0 Å². The first kappa shape index (κ1) is 18.3. The van der Waals surface area contributed by atoms with Gasteiger partial charge in [-0.3, -0.25) is 0 Å². The summed E-state index contributed by atoms with van der Waals surface area (Å²) in [6, 6.07) is 11.8. The second kappa shape index (κ2) is 7.43. The predicted octanol–water partition coefficient (Wildman–Crippen LogP) is 2.85. The molecule has 2 aromatic rings. The highest BCUT2D eigenvalue weighted by molar-refractivity contribution is 7.90. The molecule has 0 saturated carbocycles. The summed E-state index contributed by atoms with van der Waals surface area (Å²) in [6.45, 7) is 0.483. The predicted molar refractivity (Wildman–Crippen MR) is 99.4 cm³/mol. The number of nitrogens with one attached hydrogen (secondary N) is 1. The van der Waals surface area contributed by atoms with Crippen LogP contribution in [0.2, 0.25) is 5.02 Å². The molecular weight excluding hydrogens is 379 g/mol. The average molecular weight is 395 g/mol. The number of nitrogens with zero attached hydrogens (tertiary/aromatic N) is 3. The smallest absolute Gasteiger partial charge is 0.285 e. The summed E-state index contributed by atoms with van der Waals surface area (Å²) in [6.07, 6.45) is 0.638. The Morgan fingerprint density at radius 1 is 1.19 bits per heavy atom. The molecule has 0 radical (unpaired) electrons. The second-order valence-corrected chi connectivity index (χ2v) is 7.56. The third-order valence-electron chi connectivity index (χ3n) is 3.77. The molecule has 1 aliphatic heterocycles. The Hall–Kier alpha value is -2.45. The minimum atomic E-state index is -3.98. The van der Waals surface area contributed by atoms with Crippen LogP contribution in [0.25, 0.3) is 0 Å². The van der Waals surface area contributed by atoms with Crippen LogP contribution in [0.5, 0.6) is 0 Å². The van der Waals surface area contributed by atoms with E-state index in [9.17, 15) is 12.8 Å². The number of sulfonamides is 1.